The normalized spacial score (nSPS) is 17.4. The maximum Gasteiger partial charge on any atom is 0.320 e. The fourth-order valence-electron chi connectivity index (χ4n) is 4.36. The molecule has 0 aromatic heterocycles. The highest BCUT2D eigenvalue weighted by atomic mass is 16.5. The summed E-state index contributed by atoms with van der Waals surface area (Å²) in [6, 6.07) is 10.8. The van der Waals surface area contributed by atoms with Crippen LogP contribution in [0.15, 0.2) is 36.4 Å². The molecule has 7 nitrogen and oxygen atoms in total. The number of nitrogens with zero attached hydrogens (tertiary/aromatic N) is 1. The van der Waals surface area contributed by atoms with Crippen LogP contribution in [0.25, 0.3) is 0 Å². The highest BCUT2D eigenvalue weighted by Crippen LogP contribution is 2.40. The van der Waals surface area contributed by atoms with Crippen molar-refractivity contribution in [2.24, 2.45) is 0 Å². The molecule has 0 saturated carbocycles. The van der Waals surface area contributed by atoms with Crippen LogP contribution in [0.5, 0.6) is 23.0 Å². The molecule has 0 radical (unpaired) electrons. The average Bonchev–Trinajstić information content (AvgIpc) is 2.81. The van der Waals surface area contributed by atoms with Gasteiger partial charge < -0.3 is 24.1 Å². The van der Waals surface area contributed by atoms with Crippen LogP contribution in [-0.4, -0.2) is 56.0 Å². The van der Waals surface area contributed by atoms with Gasteiger partial charge in [0, 0.05) is 0 Å². The molecule has 1 N–H and O–H groups in total. The zero-order valence-corrected chi connectivity index (χ0v) is 19.3. The summed E-state index contributed by atoms with van der Waals surface area (Å²) >= 11 is 0. The number of carboxylic acids is 1. The summed E-state index contributed by atoms with van der Waals surface area (Å²) in [5.41, 5.74) is 1.87. The molecular formula is C25H33NO6. The molecule has 0 spiro atoms. The highest BCUT2D eigenvalue weighted by Gasteiger charge is 2.35. The van der Waals surface area contributed by atoms with E-state index in [0.29, 0.717) is 49.2 Å². The molecule has 174 valence electrons. The first kappa shape index (κ1) is 23.7. The first-order chi connectivity index (χ1) is 15.5. The largest absolute Gasteiger partial charge is 0.493 e. The molecular weight excluding hydrogens is 410 g/mol. The quantitative estimate of drug-likeness (QED) is 0.578. The molecule has 3 rings (SSSR count). The van der Waals surface area contributed by atoms with E-state index in [1.54, 1.807) is 14.2 Å². The van der Waals surface area contributed by atoms with Crippen LogP contribution in [0.1, 0.15) is 50.3 Å². The molecule has 0 amide bonds. The Morgan fingerprint density at radius 3 is 2.12 bits per heavy atom. The topological polar surface area (TPSA) is 77.5 Å². The van der Waals surface area contributed by atoms with Crippen LogP contribution in [0.4, 0.5) is 0 Å². The first-order valence-corrected chi connectivity index (χ1v) is 11.1. The molecule has 2 aromatic carbocycles. The van der Waals surface area contributed by atoms with Gasteiger partial charge in [0.05, 0.1) is 33.5 Å². The summed E-state index contributed by atoms with van der Waals surface area (Å²) in [5.74, 6) is 1.77. The second-order valence-electron chi connectivity index (χ2n) is 7.68. The SMILES string of the molecule is CCOc1ccc(C(c2ccc(OC)c(OC)c2)N2CCCCC2C(=O)O)cc1OCC. The molecule has 1 aliphatic heterocycles. The molecule has 0 aliphatic carbocycles. The van der Waals surface area contributed by atoms with Crippen molar-refractivity contribution in [1.82, 2.24) is 4.90 Å². The Labute approximate surface area is 189 Å². The molecule has 2 unspecified atom stereocenters. The van der Waals surface area contributed by atoms with Gasteiger partial charge in [0.2, 0.25) is 0 Å². The number of aliphatic carboxylic acids is 1. The van der Waals surface area contributed by atoms with Gasteiger partial charge in [0.25, 0.3) is 0 Å². The van der Waals surface area contributed by atoms with Crippen molar-refractivity contribution in [3.05, 3.63) is 47.5 Å². The van der Waals surface area contributed by atoms with Crippen molar-refractivity contribution in [2.45, 2.75) is 45.2 Å². The number of benzene rings is 2. The van der Waals surface area contributed by atoms with Crippen LogP contribution in [0.2, 0.25) is 0 Å². The fourth-order valence-corrected chi connectivity index (χ4v) is 4.36. The Morgan fingerprint density at radius 2 is 1.53 bits per heavy atom. The van der Waals surface area contributed by atoms with Gasteiger partial charge in [0.1, 0.15) is 6.04 Å². The Balaban J connectivity index is 2.14. The third-order valence-corrected chi connectivity index (χ3v) is 5.77. The first-order valence-electron chi connectivity index (χ1n) is 11.1. The van der Waals surface area contributed by atoms with E-state index in [-0.39, 0.29) is 6.04 Å². The van der Waals surface area contributed by atoms with E-state index in [4.69, 9.17) is 18.9 Å². The van der Waals surface area contributed by atoms with Gasteiger partial charge in [-0.25, -0.2) is 0 Å². The molecule has 2 aromatic rings. The molecule has 2 atom stereocenters. The summed E-state index contributed by atoms with van der Waals surface area (Å²) in [4.78, 5) is 14.2. The third kappa shape index (κ3) is 5.10. The number of hydrogen-bond acceptors (Lipinski definition) is 6. The van der Waals surface area contributed by atoms with Crippen molar-refractivity contribution in [3.63, 3.8) is 0 Å². The Kier molecular flexibility index (Phi) is 8.22. The minimum atomic E-state index is -0.800. The van der Waals surface area contributed by atoms with Gasteiger partial charge in [-0.3, -0.25) is 9.69 Å². The van der Waals surface area contributed by atoms with Crippen LogP contribution in [-0.2, 0) is 4.79 Å². The summed E-state index contributed by atoms with van der Waals surface area (Å²) < 4.78 is 22.5. The summed E-state index contributed by atoms with van der Waals surface area (Å²) in [7, 11) is 3.20. The number of rotatable bonds is 10. The van der Waals surface area contributed by atoms with Gasteiger partial charge >= 0.3 is 5.97 Å². The van der Waals surface area contributed by atoms with Gasteiger partial charge in [-0.05, 0) is 68.6 Å². The summed E-state index contributed by atoms with van der Waals surface area (Å²) in [6.45, 7) is 5.59. The van der Waals surface area contributed by atoms with Gasteiger partial charge in [-0.15, -0.1) is 0 Å². The molecule has 1 saturated heterocycles. The number of carboxylic acid groups (broad SMARTS) is 1. The Morgan fingerprint density at radius 1 is 0.938 bits per heavy atom. The zero-order valence-electron chi connectivity index (χ0n) is 19.3. The number of methoxy groups -OCH3 is 2. The third-order valence-electron chi connectivity index (χ3n) is 5.77. The Bertz CT molecular complexity index is 915. The van der Waals surface area contributed by atoms with Crippen LogP contribution in [0.3, 0.4) is 0 Å². The standard InChI is InChI=1S/C25H33NO6/c1-5-31-21-13-11-18(16-23(21)32-6-2)24(26-14-8-7-9-19(26)25(27)28)17-10-12-20(29-3)22(15-17)30-4/h10-13,15-16,19,24H,5-9,14H2,1-4H3,(H,27,28). The van der Waals surface area contributed by atoms with Gasteiger partial charge in [0.15, 0.2) is 23.0 Å². The lowest BCUT2D eigenvalue weighted by molar-refractivity contribution is -0.145. The number of ether oxygens (including phenoxy) is 4. The second-order valence-corrected chi connectivity index (χ2v) is 7.68. The highest BCUT2D eigenvalue weighted by molar-refractivity contribution is 5.73. The smallest absolute Gasteiger partial charge is 0.320 e. The predicted molar refractivity (Wildman–Crippen MR) is 122 cm³/mol. The molecule has 1 fully saturated rings. The van der Waals surface area contributed by atoms with E-state index in [1.807, 2.05) is 50.2 Å². The monoisotopic (exact) mass is 443 g/mol. The molecule has 7 heteroatoms. The van der Waals surface area contributed by atoms with E-state index in [2.05, 4.69) is 4.90 Å². The van der Waals surface area contributed by atoms with Crippen LogP contribution >= 0.6 is 0 Å². The molecule has 0 bridgehead atoms. The number of carbonyl (C=O) groups is 1. The Hall–Kier alpha value is -2.93. The van der Waals surface area contributed by atoms with E-state index in [0.717, 1.165) is 24.0 Å². The summed E-state index contributed by atoms with van der Waals surface area (Å²) in [5, 5.41) is 9.96. The second kappa shape index (κ2) is 11.1. The summed E-state index contributed by atoms with van der Waals surface area (Å²) in [6.07, 6.45) is 2.47. The fraction of sp³-hybridized carbons (Fsp3) is 0.480. The lowest BCUT2D eigenvalue weighted by atomic mass is 9.91. The van der Waals surface area contributed by atoms with Crippen molar-refractivity contribution < 1.29 is 28.8 Å². The molecule has 1 heterocycles. The maximum absolute atomic E-state index is 12.1. The molecule has 32 heavy (non-hydrogen) atoms. The van der Waals surface area contributed by atoms with Crippen LogP contribution < -0.4 is 18.9 Å². The van der Waals surface area contributed by atoms with E-state index < -0.39 is 12.0 Å². The van der Waals surface area contributed by atoms with Gasteiger partial charge in [-0.2, -0.15) is 0 Å². The van der Waals surface area contributed by atoms with Crippen molar-refractivity contribution in [2.75, 3.05) is 34.0 Å². The number of likely N-dealkylation sites (tertiary alicyclic amines) is 1. The molecule has 1 aliphatic rings. The average molecular weight is 444 g/mol. The lowest BCUT2D eigenvalue weighted by Crippen LogP contribution is -2.46. The lowest BCUT2D eigenvalue weighted by Gasteiger charge is -2.40. The van der Waals surface area contributed by atoms with E-state index in [9.17, 15) is 9.90 Å². The van der Waals surface area contributed by atoms with E-state index >= 15 is 0 Å². The minimum absolute atomic E-state index is 0.286. The van der Waals surface area contributed by atoms with Gasteiger partial charge in [-0.1, -0.05) is 18.6 Å². The zero-order chi connectivity index (χ0) is 23.1. The van der Waals surface area contributed by atoms with E-state index in [1.165, 1.54) is 0 Å². The van der Waals surface area contributed by atoms with Crippen molar-refractivity contribution in [1.29, 1.82) is 0 Å². The number of hydrogen-bond donors (Lipinski definition) is 1. The maximum atomic E-state index is 12.1. The predicted octanol–water partition coefficient (Wildman–Crippen LogP) is 4.53. The minimum Gasteiger partial charge on any atom is -0.493 e. The van der Waals surface area contributed by atoms with Crippen molar-refractivity contribution in [3.8, 4) is 23.0 Å². The van der Waals surface area contributed by atoms with Crippen LogP contribution in [0, 0.1) is 0 Å². The van der Waals surface area contributed by atoms with Crippen molar-refractivity contribution >= 4 is 5.97 Å². The number of piperidine rings is 1.